The van der Waals surface area contributed by atoms with Gasteiger partial charge in [-0.15, -0.1) is 0 Å². The fourth-order valence-electron chi connectivity index (χ4n) is 3.01. The molecule has 0 unspecified atom stereocenters. The molecule has 146 valence electrons. The van der Waals surface area contributed by atoms with E-state index in [-0.39, 0.29) is 11.4 Å². The molecule has 1 aliphatic carbocycles. The minimum absolute atomic E-state index is 0.134. The van der Waals surface area contributed by atoms with Crippen LogP contribution in [0.25, 0.3) is 0 Å². The highest BCUT2D eigenvalue weighted by molar-refractivity contribution is 7.89. The first-order valence-corrected chi connectivity index (χ1v) is 10.7. The first-order valence-electron chi connectivity index (χ1n) is 9.26. The van der Waals surface area contributed by atoms with Gasteiger partial charge in [-0.1, -0.05) is 0 Å². The van der Waals surface area contributed by atoms with Gasteiger partial charge in [-0.3, -0.25) is 9.67 Å². The average molecular weight is 392 g/mol. The summed E-state index contributed by atoms with van der Waals surface area (Å²) in [6.07, 6.45) is 9.60. The number of sulfonamides is 1. The monoisotopic (exact) mass is 392 g/mol. The van der Waals surface area contributed by atoms with Crippen LogP contribution in [-0.4, -0.2) is 43.0 Å². The maximum atomic E-state index is 12.6. The van der Waals surface area contributed by atoms with Gasteiger partial charge in [0.2, 0.25) is 10.0 Å². The molecule has 9 heteroatoms. The fraction of sp³-hybridized carbons (Fsp3) is 0.556. The van der Waals surface area contributed by atoms with Crippen LogP contribution in [0.1, 0.15) is 24.8 Å². The zero-order valence-electron chi connectivity index (χ0n) is 15.1. The third-order valence-corrected chi connectivity index (χ3v) is 6.24. The molecule has 0 bridgehead atoms. The van der Waals surface area contributed by atoms with Crippen molar-refractivity contribution in [3.05, 3.63) is 36.4 Å². The summed E-state index contributed by atoms with van der Waals surface area (Å²) in [5, 5.41) is 4.16. The van der Waals surface area contributed by atoms with E-state index in [0.29, 0.717) is 30.8 Å². The minimum Gasteiger partial charge on any atom is -0.491 e. The molecule has 0 aromatic carbocycles. The number of aromatic nitrogens is 3. The lowest BCUT2D eigenvalue weighted by molar-refractivity contribution is 0.166. The van der Waals surface area contributed by atoms with E-state index >= 15 is 0 Å². The molecule has 2 aromatic rings. The van der Waals surface area contributed by atoms with Crippen molar-refractivity contribution in [2.24, 2.45) is 11.8 Å². The van der Waals surface area contributed by atoms with Crippen molar-refractivity contribution in [2.45, 2.75) is 37.2 Å². The van der Waals surface area contributed by atoms with Crippen LogP contribution in [0.15, 0.2) is 35.7 Å². The van der Waals surface area contributed by atoms with Crippen LogP contribution in [0, 0.1) is 11.8 Å². The maximum Gasteiger partial charge on any atom is 0.243 e. The maximum absolute atomic E-state index is 12.6. The molecule has 2 aromatic heterocycles. The van der Waals surface area contributed by atoms with Gasteiger partial charge >= 0.3 is 0 Å². The summed E-state index contributed by atoms with van der Waals surface area (Å²) in [4.78, 5) is 4.27. The lowest BCUT2D eigenvalue weighted by Crippen LogP contribution is -2.23. The highest BCUT2D eigenvalue weighted by Gasteiger charge is 2.24. The molecule has 1 aliphatic heterocycles. The molecular weight excluding hydrogens is 368 g/mol. The summed E-state index contributed by atoms with van der Waals surface area (Å²) in [7, 11) is -3.63. The summed E-state index contributed by atoms with van der Waals surface area (Å²) in [6, 6.07) is 1.76. The summed E-state index contributed by atoms with van der Waals surface area (Å²) in [6.45, 7) is 2.92. The van der Waals surface area contributed by atoms with Crippen LogP contribution in [0.3, 0.4) is 0 Å². The Hall–Kier alpha value is -1.97. The number of hydrogen-bond donors (Lipinski definition) is 1. The molecule has 0 amide bonds. The Bertz CT molecular complexity index is 873. The van der Waals surface area contributed by atoms with Crippen LogP contribution in [0.2, 0.25) is 0 Å². The molecule has 1 saturated carbocycles. The van der Waals surface area contributed by atoms with E-state index in [0.717, 1.165) is 25.1 Å². The van der Waals surface area contributed by atoms with Gasteiger partial charge in [0, 0.05) is 43.6 Å². The summed E-state index contributed by atoms with van der Waals surface area (Å²) < 4.78 is 40.7. The summed E-state index contributed by atoms with van der Waals surface area (Å²) >= 11 is 0. The van der Waals surface area contributed by atoms with Gasteiger partial charge in [0.1, 0.15) is 10.6 Å². The third-order valence-electron chi connectivity index (χ3n) is 4.88. The smallest absolute Gasteiger partial charge is 0.243 e. The first-order chi connectivity index (χ1) is 13.1. The van der Waals surface area contributed by atoms with Crippen molar-refractivity contribution in [3.8, 4) is 5.75 Å². The van der Waals surface area contributed by atoms with Gasteiger partial charge < -0.3 is 9.47 Å². The first kappa shape index (κ1) is 18.4. The molecule has 2 aliphatic rings. The average Bonchev–Trinajstić information content (AvgIpc) is 3.11. The highest BCUT2D eigenvalue weighted by atomic mass is 32.2. The molecule has 27 heavy (non-hydrogen) atoms. The summed E-state index contributed by atoms with van der Waals surface area (Å²) in [5.41, 5.74) is 0.748. The zero-order valence-corrected chi connectivity index (χ0v) is 15.9. The van der Waals surface area contributed by atoms with E-state index in [1.54, 1.807) is 29.3 Å². The second-order valence-electron chi connectivity index (χ2n) is 7.19. The van der Waals surface area contributed by atoms with E-state index in [9.17, 15) is 8.42 Å². The van der Waals surface area contributed by atoms with Crippen molar-refractivity contribution in [1.29, 1.82) is 0 Å². The van der Waals surface area contributed by atoms with Gasteiger partial charge in [-0.05, 0) is 31.2 Å². The van der Waals surface area contributed by atoms with E-state index < -0.39 is 10.0 Å². The van der Waals surface area contributed by atoms with Crippen LogP contribution in [0.5, 0.6) is 5.75 Å². The lowest BCUT2D eigenvalue weighted by Gasteiger charge is -2.14. The van der Waals surface area contributed by atoms with Gasteiger partial charge in [-0.25, -0.2) is 13.1 Å². The molecule has 8 nitrogen and oxygen atoms in total. The van der Waals surface area contributed by atoms with Crippen LogP contribution >= 0.6 is 0 Å². The quantitative estimate of drug-likeness (QED) is 0.696. The van der Waals surface area contributed by atoms with Crippen molar-refractivity contribution in [3.63, 3.8) is 0 Å². The van der Waals surface area contributed by atoms with E-state index in [1.807, 2.05) is 0 Å². The number of nitrogens with one attached hydrogen (secondary N) is 1. The second kappa shape index (κ2) is 7.95. The largest absolute Gasteiger partial charge is 0.491 e. The summed E-state index contributed by atoms with van der Waals surface area (Å²) in [5.74, 6) is 1.60. The molecular formula is C18H24N4O4S. The second-order valence-corrected chi connectivity index (χ2v) is 8.96. The molecule has 1 atom stereocenters. The Morgan fingerprint density at radius 2 is 2.15 bits per heavy atom. The lowest BCUT2D eigenvalue weighted by atomic mass is 10.1. The van der Waals surface area contributed by atoms with Gasteiger partial charge in [0.25, 0.3) is 0 Å². The van der Waals surface area contributed by atoms with E-state index in [1.165, 1.54) is 19.0 Å². The molecule has 0 spiro atoms. The Labute approximate surface area is 158 Å². The predicted molar refractivity (Wildman–Crippen MR) is 97.6 cm³/mol. The van der Waals surface area contributed by atoms with Crippen molar-refractivity contribution in [1.82, 2.24) is 19.5 Å². The fourth-order valence-corrected chi connectivity index (χ4v) is 3.97. The number of hydrogen-bond acceptors (Lipinski definition) is 6. The third kappa shape index (κ3) is 4.85. The Morgan fingerprint density at radius 1 is 1.26 bits per heavy atom. The topological polar surface area (TPSA) is 95.3 Å². The van der Waals surface area contributed by atoms with Crippen molar-refractivity contribution < 1.29 is 17.9 Å². The Kier molecular flexibility index (Phi) is 5.42. The number of rotatable bonds is 9. The van der Waals surface area contributed by atoms with Gasteiger partial charge in [0.15, 0.2) is 0 Å². The van der Waals surface area contributed by atoms with Crippen LogP contribution in [0.4, 0.5) is 0 Å². The van der Waals surface area contributed by atoms with Gasteiger partial charge in [0.05, 0.1) is 25.6 Å². The number of nitrogens with zero attached hydrogens (tertiary/aromatic N) is 3. The SMILES string of the molecule is O=S(=O)(NCc1ccncc1OC[C@H]1CCOC1)c1cnn(CC2CC2)c1. The molecule has 1 N–H and O–H groups in total. The van der Waals surface area contributed by atoms with Crippen LogP contribution in [-0.2, 0) is 27.8 Å². The molecule has 1 saturated heterocycles. The van der Waals surface area contributed by atoms with Crippen molar-refractivity contribution >= 4 is 10.0 Å². The van der Waals surface area contributed by atoms with Crippen molar-refractivity contribution in [2.75, 3.05) is 19.8 Å². The van der Waals surface area contributed by atoms with Gasteiger partial charge in [-0.2, -0.15) is 5.10 Å². The molecule has 2 fully saturated rings. The van der Waals surface area contributed by atoms with Crippen LogP contribution < -0.4 is 9.46 Å². The van der Waals surface area contributed by atoms with E-state index in [2.05, 4.69) is 14.8 Å². The molecule has 4 rings (SSSR count). The van der Waals surface area contributed by atoms with E-state index in [4.69, 9.17) is 9.47 Å². The predicted octanol–water partition coefficient (Wildman–Crippen LogP) is 1.58. The molecule has 3 heterocycles. The standard InChI is InChI=1S/C18H24N4O4S/c23-27(24,17-8-20-22(11-17)10-14-1-2-14)21-7-16-3-5-19-9-18(16)26-13-15-4-6-25-12-15/h3,5,8-9,11,14-15,21H,1-2,4,6-7,10,12-13H2/t15-/m0/s1. The Balaban J connectivity index is 1.37. The zero-order chi connectivity index (χ0) is 18.7. The molecule has 0 radical (unpaired) electrons. The Morgan fingerprint density at radius 3 is 2.93 bits per heavy atom. The highest BCUT2D eigenvalue weighted by Crippen LogP contribution is 2.30. The number of ether oxygens (including phenoxy) is 2. The minimum atomic E-state index is -3.63. The number of pyridine rings is 1. The normalized spacial score (nSPS) is 20.1.